The third kappa shape index (κ3) is 1.90. The molecule has 1 saturated heterocycles. The van der Waals surface area contributed by atoms with Crippen LogP contribution in [0.3, 0.4) is 0 Å². The molecule has 15 heavy (non-hydrogen) atoms. The smallest absolute Gasteiger partial charge is 0.236 e. The van der Waals surface area contributed by atoms with Gasteiger partial charge in [-0.25, -0.2) is 5.84 Å². The van der Waals surface area contributed by atoms with Gasteiger partial charge in [0.15, 0.2) is 0 Å². The van der Waals surface area contributed by atoms with Crippen molar-refractivity contribution >= 4 is 21.8 Å². The number of halogens is 1. The number of amides is 1. The van der Waals surface area contributed by atoms with Crippen LogP contribution in [0.5, 0.6) is 0 Å². The first-order valence-corrected chi connectivity index (χ1v) is 5.23. The predicted molar refractivity (Wildman–Crippen MR) is 55.7 cm³/mol. The predicted octanol–water partition coefficient (Wildman–Crippen LogP) is -0.249. The van der Waals surface area contributed by atoms with E-state index >= 15 is 0 Å². The Morgan fingerprint density at radius 3 is 2.93 bits per heavy atom. The van der Waals surface area contributed by atoms with E-state index in [0.29, 0.717) is 13.2 Å². The molecule has 1 amide bonds. The fraction of sp³-hybridized carbons (Fsp3) is 0.500. The van der Waals surface area contributed by atoms with Crippen LogP contribution in [-0.2, 0) is 15.1 Å². The fourth-order valence-corrected chi connectivity index (χ4v) is 1.85. The van der Waals surface area contributed by atoms with Crippen molar-refractivity contribution in [1.82, 2.24) is 15.2 Å². The number of aromatic nitrogens is 2. The van der Waals surface area contributed by atoms with E-state index < -0.39 is 0 Å². The van der Waals surface area contributed by atoms with E-state index in [1.807, 2.05) is 6.20 Å². The van der Waals surface area contributed by atoms with E-state index in [1.165, 1.54) is 0 Å². The van der Waals surface area contributed by atoms with Crippen LogP contribution < -0.4 is 11.3 Å². The second-order valence-corrected chi connectivity index (χ2v) is 4.48. The quantitative estimate of drug-likeness (QED) is 0.453. The highest BCUT2D eigenvalue weighted by molar-refractivity contribution is 9.10. The lowest BCUT2D eigenvalue weighted by atomic mass is 9.93. The van der Waals surface area contributed by atoms with Crippen molar-refractivity contribution in [1.29, 1.82) is 0 Å². The lowest BCUT2D eigenvalue weighted by Gasteiger charge is -2.40. The Hall–Kier alpha value is -0.920. The summed E-state index contributed by atoms with van der Waals surface area (Å²) in [6, 6.07) is 0. The molecule has 0 aliphatic carbocycles. The number of nitrogens with one attached hydrogen (secondary N) is 1. The number of hydrogen-bond donors (Lipinski definition) is 2. The Bertz CT molecular complexity index is 374. The first-order chi connectivity index (χ1) is 7.16. The van der Waals surface area contributed by atoms with Gasteiger partial charge in [0.2, 0.25) is 5.91 Å². The molecule has 0 bridgehead atoms. The average molecular weight is 275 g/mol. The van der Waals surface area contributed by atoms with Crippen molar-refractivity contribution in [3.05, 3.63) is 16.9 Å². The van der Waals surface area contributed by atoms with Crippen LogP contribution in [0, 0.1) is 0 Å². The summed E-state index contributed by atoms with van der Waals surface area (Å²) in [6.45, 7) is 0.961. The number of nitrogens with two attached hydrogens (primary N) is 1. The van der Waals surface area contributed by atoms with Gasteiger partial charge in [0.25, 0.3) is 0 Å². The number of nitrogens with zero attached hydrogens (tertiary/aromatic N) is 2. The zero-order valence-corrected chi connectivity index (χ0v) is 9.53. The molecule has 6 nitrogen and oxygen atoms in total. The molecule has 2 heterocycles. The maximum Gasteiger partial charge on any atom is 0.236 e. The summed E-state index contributed by atoms with van der Waals surface area (Å²) in [7, 11) is 0. The van der Waals surface area contributed by atoms with Gasteiger partial charge in [-0.05, 0) is 15.9 Å². The Kier molecular flexibility index (Phi) is 2.76. The highest BCUT2D eigenvalue weighted by atomic mass is 79.9. The van der Waals surface area contributed by atoms with Crippen LogP contribution in [0.2, 0.25) is 0 Å². The summed E-state index contributed by atoms with van der Waals surface area (Å²) >= 11 is 3.31. The topological polar surface area (TPSA) is 82.2 Å². The number of hydrazine groups is 1. The molecule has 1 aliphatic heterocycles. The van der Waals surface area contributed by atoms with Gasteiger partial charge in [-0.1, -0.05) is 0 Å². The molecule has 1 aliphatic rings. The zero-order chi connectivity index (χ0) is 10.9. The van der Waals surface area contributed by atoms with Gasteiger partial charge < -0.3 is 4.74 Å². The Balaban J connectivity index is 2.18. The van der Waals surface area contributed by atoms with E-state index in [4.69, 9.17) is 10.6 Å². The van der Waals surface area contributed by atoms with Crippen LogP contribution in [0.15, 0.2) is 16.9 Å². The second-order valence-electron chi connectivity index (χ2n) is 3.56. The molecule has 0 unspecified atom stereocenters. The number of rotatable bonds is 3. The number of ether oxygens (including phenoxy) is 1. The Morgan fingerprint density at radius 2 is 2.53 bits per heavy atom. The van der Waals surface area contributed by atoms with E-state index in [0.717, 1.165) is 4.47 Å². The molecule has 1 aromatic heterocycles. The molecular formula is C8H11BrN4O2. The summed E-state index contributed by atoms with van der Waals surface area (Å²) in [5, 5.41) is 4.17. The third-order valence-electron chi connectivity index (χ3n) is 2.43. The highest BCUT2D eigenvalue weighted by Gasteiger charge is 2.43. The van der Waals surface area contributed by atoms with Gasteiger partial charge >= 0.3 is 0 Å². The van der Waals surface area contributed by atoms with Crippen LogP contribution in [-0.4, -0.2) is 28.9 Å². The monoisotopic (exact) mass is 274 g/mol. The lowest BCUT2D eigenvalue weighted by molar-refractivity contribution is -0.140. The summed E-state index contributed by atoms with van der Waals surface area (Å²) < 4.78 is 7.77. The fourth-order valence-electron chi connectivity index (χ4n) is 1.56. The van der Waals surface area contributed by atoms with E-state index in [9.17, 15) is 4.79 Å². The first-order valence-electron chi connectivity index (χ1n) is 4.44. The minimum Gasteiger partial charge on any atom is -0.376 e. The molecule has 0 atom stereocenters. The minimum absolute atomic E-state index is 0.218. The van der Waals surface area contributed by atoms with Gasteiger partial charge in [0, 0.05) is 6.20 Å². The summed E-state index contributed by atoms with van der Waals surface area (Å²) in [6.07, 6.45) is 3.78. The molecule has 0 aromatic carbocycles. The minimum atomic E-state index is -0.379. The summed E-state index contributed by atoms with van der Waals surface area (Å²) in [5.74, 6) is 4.84. The molecule has 2 rings (SSSR count). The van der Waals surface area contributed by atoms with E-state index in [1.54, 1.807) is 10.9 Å². The molecule has 82 valence electrons. The van der Waals surface area contributed by atoms with Crippen LogP contribution in [0.25, 0.3) is 0 Å². The van der Waals surface area contributed by atoms with Gasteiger partial charge in [0.1, 0.15) is 5.54 Å². The molecule has 0 spiro atoms. The van der Waals surface area contributed by atoms with Gasteiger partial charge in [-0.2, -0.15) is 5.10 Å². The van der Waals surface area contributed by atoms with E-state index in [-0.39, 0.29) is 17.9 Å². The zero-order valence-electron chi connectivity index (χ0n) is 7.94. The summed E-state index contributed by atoms with van der Waals surface area (Å²) in [4.78, 5) is 11.3. The van der Waals surface area contributed by atoms with Crippen LogP contribution in [0.1, 0.15) is 6.42 Å². The molecule has 3 N–H and O–H groups in total. The van der Waals surface area contributed by atoms with E-state index in [2.05, 4.69) is 26.5 Å². The molecule has 1 aromatic rings. The first kappa shape index (κ1) is 10.6. The SMILES string of the molecule is NNC(=O)CC1(n2cc(Br)cn2)COC1. The van der Waals surface area contributed by atoms with Crippen molar-refractivity contribution in [2.45, 2.75) is 12.0 Å². The largest absolute Gasteiger partial charge is 0.376 e. The van der Waals surface area contributed by atoms with Crippen LogP contribution >= 0.6 is 15.9 Å². The van der Waals surface area contributed by atoms with Gasteiger partial charge in [0.05, 0.1) is 30.3 Å². The van der Waals surface area contributed by atoms with Gasteiger partial charge in [-0.3, -0.25) is 14.9 Å². The van der Waals surface area contributed by atoms with Crippen molar-refractivity contribution in [2.24, 2.45) is 5.84 Å². The molecule has 0 saturated carbocycles. The van der Waals surface area contributed by atoms with Crippen molar-refractivity contribution in [3.63, 3.8) is 0 Å². The third-order valence-corrected chi connectivity index (χ3v) is 2.84. The Morgan fingerprint density at radius 1 is 1.80 bits per heavy atom. The molecular weight excluding hydrogens is 264 g/mol. The van der Waals surface area contributed by atoms with Crippen molar-refractivity contribution in [2.75, 3.05) is 13.2 Å². The number of carbonyl (C=O) groups excluding carboxylic acids is 1. The summed E-state index contributed by atoms with van der Waals surface area (Å²) in [5.41, 5.74) is 1.74. The Labute approximate surface area is 94.9 Å². The van der Waals surface area contributed by atoms with Gasteiger partial charge in [-0.15, -0.1) is 0 Å². The maximum absolute atomic E-state index is 11.3. The lowest BCUT2D eigenvalue weighted by Crippen LogP contribution is -2.55. The maximum atomic E-state index is 11.3. The standard InChI is InChI=1S/C8H11BrN4O2/c9-6-2-11-13(3-6)8(4-15-5-8)1-7(14)12-10/h2-3H,1,4-5,10H2,(H,12,14). The normalized spacial score (nSPS) is 18.3. The van der Waals surface area contributed by atoms with Crippen molar-refractivity contribution < 1.29 is 9.53 Å². The second kappa shape index (κ2) is 3.92. The average Bonchev–Trinajstić information content (AvgIpc) is 2.58. The van der Waals surface area contributed by atoms with Crippen LogP contribution in [0.4, 0.5) is 0 Å². The van der Waals surface area contributed by atoms with Crippen molar-refractivity contribution in [3.8, 4) is 0 Å². The molecule has 0 radical (unpaired) electrons. The highest BCUT2D eigenvalue weighted by Crippen LogP contribution is 2.30. The molecule has 7 heteroatoms. The number of hydrogen-bond acceptors (Lipinski definition) is 4. The number of carbonyl (C=O) groups is 1. The molecule has 1 fully saturated rings.